The molecule has 0 bridgehead atoms. The summed E-state index contributed by atoms with van der Waals surface area (Å²) < 4.78 is 10.8. The van der Waals surface area contributed by atoms with Gasteiger partial charge in [-0.3, -0.25) is 0 Å². The highest BCUT2D eigenvalue weighted by Gasteiger charge is 2.33. The summed E-state index contributed by atoms with van der Waals surface area (Å²) in [4.78, 5) is 24.4. The van der Waals surface area contributed by atoms with E-state index in [2.05, 4.69) is 20.8 Å². The second-order valence-electron chi connectivity index (χ2n) is 7.75. The molecule has 138 valence electrons. The van der Waals surface area contributed by atoms with Crippen LogP contribution in [0.5, 0.6) is 0 Å². The Bertz CT molecular complexity index is 620. The van der Waals surface area contributed by atoms with Gasteiger partial charge in [0.05, 0.1) is 5.56 Å². The van der Waals surface area contributed by atoms with Crippen LogP contribution in [-0.2, 0) is 14.3 Å². The van der Waals surface area contributed by atoms with Crippen LogP contribution in [0.1, 0.15) is 61.5 Å². The molecule has 25 heavy (non-hydrogen) atoms. The van der Waals surface area contributed by atoms with Crippen molar-refractivity contribution in [3.8, 4) is 0 Å². The van der Waals surface area contributed by atoms with Gasteiger partial charge in [0.25, 0.3) is 0 Å². The molecular weight excluding hydrogens is 316 g/mol. The van der Waals surface area contributed by atoms with Gasteiger partial charge >= 0.3 is 11.9 Å². The van der Waals surface area contributed by atoms with Crippen molar-refractivity contribution in [1.29, 1.82) is 0 Å². The number of hydrogen-bond acceptors (Lipinski definition) is 4. The third-order valence-electron chi connectivity index (χ3n) is 5.18. The molecule has 0 aromatic heterocycles. The summed E-state index contributed by atoms with van der Waals surface area (Å²) in [5.74, 6) is 0.488. The molecule has 0 spiro atoms. The minimum Gasteiger partial charge on any atom is -0.460 e. The molecule has 0 amide bonds. The molecule has 0 saturated heterocycles. The van der Waals surface area contributed by atoms with E-state index in [4.69, 9.17) is 9.47 Å². The summed E-state index contributed by atoms with van der Waals surface area (Å²) >= 11 is 0. The van der Waals surface area contributed by atoms with Gasteiger partial charge in [0.1, 0.15) is 6.10 Å². The van der Waals surface area contributed by atoms with E-state index in [0.29, 0.717) is 23.3 Å². The first-order valence-electron chi connectivity index (χ1n) is 9.21. The molecule has 1 aliphatic rings. The predicted molar refractivity (Wildman–Crippen MR) is 97.4 cm³/mol. The van der Waals surface area contributed by atoms with Gasteiger partial charge in [0.2, 0.25) is 0 Å². The van der Waals surface area contributed by atoms with Crippen LogP contribution in [0, 0.1) is 31.6 Å². The van der Waals surface area contributed by atoms with Crippen LogP contribution >= 0.6 is 0 Å². The smallest absolute Gasteiger partial charge is 0.344 e. The molecule has 0 aliphatic heterocycles. The van der Waals surface area contributed by atoms with Crippen molar-refractivity contribution in [3.63, 3.8) is 0 Å². The van der Waals surface area contributed by atoms with Crippen molar-refractivity contribution >= 4 is 11.9 Å². The fraction of sp³-hybridized carbons (Fsp3) is 0.619. The number of hydrogen-bond donors (Lipinski definition) is 0. The van der Waals surface area contributed by atoms with Gasteiger partial charge in [0.15, 0.2) is 6.61 Å². The molecule has 0 N–H and O–H groups in total. The molecule has 1 fully saturated rings. The Kier molecular flexibility index (Phi) is 6.63. The zero-order valence-electron chi connectivity index (χ0n) is 16.0. The van der Waals surface area contributed by atoms with Gasteiger partial charge in [-0.1, -0.05) is 44.9 Å². The highest BCUT2D eigenvalue weighted by molar-refractivity contribution is 5.92. The van der Waals surface area contributed by atoms with Crippen LogP contribution in [0.15, 0.2) is 18.2 Å². The quantitative estimate of drug-likeness (QED) is 0.739. The second-order valence-corrected chi connectivity index (χ2v) is 7.75. The van der Waals surface area contributed by atoms with Crippen LogP contribution in [0.25, 0.3) is 0 Å². The zero-order valence-corrected chi connectivity index (χ0v) is 16.0. The number of rotatable bonds is 5. The second kappa shape index (κ2) is 8.50. The van der Waals surface area contributed by atoms with Crippen molar-refractivity contribution in [3.05, 3.63) is 34.9 Å². The van der Waals surface area contributed by atoms with Crippen molar-refractivity contribution < 1.29 is 19.1 Å². The van der Waals surface area contributed by atoms with E-state index in [1.165, 1.54) is 6.42 Å². The molecule has 2 rings (SSSR count). The normalized spacial score (nSPS) is 23.4. The minimum absolute atomic E-state index is 0.0735. The van der Waals surface area contributed by atoms with Crippen molar-refractivity contribution in [2.24, 2.45) is 17.8 Å². The van der Waals surface area contributed by atoms with Gasteiger partial charge in [-0.25, -0.2) is 9.59 Å². The third-order valence-corrected chi connectivity index (χ3v) is 5.18. The maximum Gasteiger partial charge on any atom is 0.344 e. The van der Waals surface area contributed by atoms with Gasteiger partial charge in [-0.2, -0.15) is 0 Å². The summed E-state index contributed by atoms with van der Waals surface area (Å²) in [7, 11) is 0. The predicted octanol–water partition coefficient (Wildman–Crippen LogP) is 4.46. The molecule has 1 aromatic rings. The summed E-state index contributed by atoms with van der Waals surface area (Å²) in [6.45, 7) is 9.97. The van der Waals surface area contributed by atoms with E-state index >= 15 is 0 Å². The lowest BCUT2D eigenvalue weighted by Gasteiger charge is -2.36. The lowest BCUT2D eigenvalue weighted by atomic mass is 9.75. The first kappa shape index (κ1) is 19.5. The van der Waals surface area contributed by atoms with Crippen LogP contribution in [-0.4, -0.2) is 24.6 Å². The van der Waals surface area contributed by atoms with Crippen molar-refractivity contribution in [2.75, 3.05) is 6.61 Å². The van der Waals surface area contributed by atoms with Gasteiger partial charge in [-0.05, 0) is 56.1 Å². The fourth-order valence-corrected chi connectivity index (χ4v) is 3.61. The average Bonchev–Trinajstić information content (AvgIpc) is 2.54. The summed E-state index contributed by atoms with van der Waals surface area (Å²) in [6.07, 6.45) is 3.08. The zero-order chi connectivity index (χ0) is 18.6. The maximum atomic E-state index is 12.2. The molecule has 3 atom stereocenters. The molecule has 1 aliphatic carbocycles. The molecule has 0 unspecified atom stereocenters. The van der Waals surface area contributed by atoms with Gasteiger partial charge in [-0.15, -0.1) is 0 Å². The number of aryl methyl sites for hydroxylation is 2. The van der Waals surface area contributed by atoms with Crippen molar-refractivity contribution in [2.45, 2.75) is 60.0 Å². The minimum atomic E-state index is -0.476. The fourth-order valence-electron chi connectivity index (χ4n) is 3.61. The first-order chi connectivity index (χ1) is 11.8. The molecule has 0 heterocycles. The van der Waals surface area contributed by atoms with Crippen LogP contribution in [0.3, 0.4) is 0 Å². The highest BCUT2D eigenvalue weighted by atomic mass is 16.6. The Morgan fingerprint density at radius 3 is 2.60 bits per heavy atom. The molecule has 4 nitrogen and oxygen atoms in total. The topological polar surface area (TPSA) is 52.6 Å². The number of esters is 2. The lowest BCUT2D eigenvalue weighted by Crippen LogP contribution is -2.36. The maximum absolute atomic E-state index is 12.2. The largest absolute Gasteiger partial charge is 0.460 e. The first-order valence-corrected chi connectivity index (χ1v) is 9.21. The van der Waals surface area contributed by atoms with E-state index in [-0.39, 0.29) is 12.7 Å². The van der Waals surface area contributed by atoms with Crippen LogP contribution < -0.4 is 0 Å². The Balaban J connectivity index is 1.91. The number of ether oxygens (including phenoxy) is 2. The number of carbonyl (C=O) groups excluding carboxylic acids is 2. The van der Waals surface area contributed by atoms with Crippen LogP contribution in [0.4, 0.5) is 0 Å². The monoisotopic (exact) mass is 346 g/mol. The highest BCUT2D eigenvalue weighted by Crippen LogP contribution is 2.35. The third kappa shape index (κ3) is 5.32. The summed E-state index contributed by atoms with van der Waals surface area (Å²) in [5.41, 5.74) is 2.32. The Morgan fingerprint density at radius 1 is 1.20 bits per heavy atom. The number of carbonyl (C=O) groups is 2. The van der Waals surface area contributed by atoms with E-state index in [0.717, 1.165) is 24.0 Å². The number of benzene rings is 1. The molecular formula is C21H30O4. The summed E-state index contributed by atoms with van der Waals surface area (Å²) in [5, 5.41) is 0. The van der Waals surface area contributed by atoms with Gasteiger partial charge in [0, 0.05) is 0 Å². The summed E-state index contributed by atoms with van der Waals surface area (Å²) in [6, 6.07) is 5.60. The van der Waals surface area contributed by atoms with Crippen LogP contribution in [0.2, 0.25) is 0 Å². The standard InChI is InChI=1S/C21H30O4/c1-13(2)17-9-7-15(4)11-19(17)25-20(22)12-24-21(23)18-10-14(3)6-8-16(18)5/h6,8,10,13,15,17,19H,7,9,11-12H2,1-5H3/t15-,17-,19+/m1/s1. The van der Waals surface area contributed by atoms with E-state index in [9.17, 15) is 9.59 Å². The molecule has 4 heteroatoms. The van der Waals surface area contributed by atoms with E-state index in [1.54, 1.807) is 6.07 Å². The van der Waals surface area contributed by atoms with E-state index in [1.807, 2.05) is 26.0 Å². The Hall–Kier alpha value is -1.84. The van der Waals surface area contributed by atoms with Crippen molar-refractivity contribution in [1.82, 2.24) is 0 Å². The molecule has 0 radical (unpaired) electrons. The molecule has 1 aromatic carbocycles. The average molecular weight is 346 g/mol. The Morgan fingerprint density at radius 2 is 1.92 bits per heavy atom. The van der Waals surface area contributed by atoms with Gasteiger partial charge < -0.3 is 9.47 Å². The SMILES string of the molecule is Cc1ccc(C)c(C(=O)OCC(=O)O[C@H]2C[C@H](C)CC[C@@H]2C(C)C)c1. The Labute approximate surface area is 150 Å². The van der Waals surface area contributed by atoms with E-state index < -0.39 is 11.9 Å². The molecule has 1 saturated carbocycles. The lowest BCUT2D eigenvalue weighted by molar-refractivity contribution is -0.159.